The molecule has 34 heavy (non-hydrogen) atoms. The first-order chi connectivity index (χ1) is 16.3. The number of pyridine rings is 1. The molecule has 0 aliphatic rings. The van der Waals surface area contributed by atoms with Gasteiger partial charge in [0.1, 0.15) is 23.5 Å². The third-order valence-electron chi connectivity index (χ3n) is 5.46. The summed E-state index contributed by atoms with van der Waals surface area (Å²) in [5.41, 5.74) is 7.44. The zero-order chi connectivity index (χ0) is 24.0. The van der Waals surface area contributed by atoms with Crippen molar-refractivity contribution in [1.82, 2.24) is 34.9 Å². The lowest BCUT2D eigenvalue weighted by Gasteiger charge is -2.21. The van der Waals surface area contributed by atoms with Gasteiger partial charge in [-0.05, 0) is 37.8 Å². The van der Waals surface area contributed by atoms with Gasteiger partial charge in [0, 0.05) is 6.07 Å². The highest BCUT2D eigenvalue weighted by atomic mass is 19.1. The van der Waals surface area contributed by atoms with E-state index in [9.17, 15) is 9.18 Å². The van der Waals surface area contributed by atoms with Crippen molar-refractivity contribution >= 4 is 22.4 Å². The molecule has 12 heteroatoms. The van der Waals surface area contributed by atoms with E-state index in [-0.39, 0.29) is 23.1 Å². The normalized spacial score (nSPS) is 12.2. The standard InChI is InChI=1S/C22H20FN9O2/c1-10-5-4-6-13-7-14(32(22(33)17(10)13)16-8-15(23)29-30-16)11(2)27-20-18(19(24)25-9-26-20)21-28-12(3)31-34-21/h4-9,11H,1-3H3,(H,29,30)(H3,24,25,26,27)/t11-/m0/s1. The van der Waals surface area contributed by atoms with Gasteiger partial charge in [0.15, 0.2) is 11.6 Å². The number of aromatic amines is 1. The minimum atomic E-state index is -0.657. The summed E-state index contributed by atoms with van der Waals surface area (Å²) in [6.45, 7) is 5.36. The summed E-state index contributed by atoms with van der Waals surface area (Å²) in [5, 5.41) is 14.5. The molecule has 0 fully saturated rings. The predicted octanol–water partition coefficient (Wildman–Crippen LogP) is 3.07. The molecular weight excluding hydrogens is 441 g/mol. The van der Waals surface area contributed by atoms with E-state index in [1.165, 1.54) is 10.9 Å². The molecule has 0 saturated carbocycles. The Labute approximate surface area is 191 Å². The molecular formula is C22H20FN9O2. The number of nitrogens with two attached hydrogens (primary N) is 1. The van der Waals surface area contributed by atoms with Gasteiger partial charge in [-0.25, -0.2) is 9.97 Å². The van der Waals surface area contributed by atoms with Crippen molar-refractivity contribution in [3.05, 3.63) is 70.0 Å². The number of nitrogens with zero attached hydrogens (tertiary/aromatic N) is 6. The average Bonchev–Trinajstić information content (AvgIpc) is 3.41. The number of H-pyrrole nitrogens is 1. The Morgan fingerprint density at radius 1 is 1.24 bits per heavy atom. The van der Waals surface area contributed by atoms with Gasteiger partial charge in [-0.2, -0.15) is 14.5 Å². The molecule has 4 heterocycles. The second-order valence-corrected chi connectivity index (χ2v) is 7.82. The van der Waals surface area contributed by atoms with Crippen molar-refractivity contribution in [3.8, 4) is 17.3 Å². The van der Waals surface area contributed by atoms with Gasteiger partial charge in [-0.15, -0.1) is 0 Å². The summed E-state index contributed by atoms with van der Waals surface area (Å²) in [7, 11) is 0. The lowest BCUT2D eigenvalue weighted by Crippen LogP contribution is -2.26. The third kappa shape index (κ3) is 3.54. The SMILES string of the molecule is Cc1noc(-c2c(N)ncnc2N[C@@H](C)c2cc3cccc(C)c3c(=O)n2-c2cc(F)[nH]n2)n1. The lowest BCUT2D eigenvalue weighted by atomic mass is 10.0. The molecule has 4 N–H and O–H groups in total. The molecule has 0 aliphatic heterocycles. The van der Waals surface area contributed by atoms with Crippen molar-refractivity contribution in [2.75, 3.05) is 11.1 Å². The third-order valence-corrected chi connectivity index (χ3v) is 5.46. The van der Waals surface area contributed by atoms with Crippen molar-refractivity contribution in [3.63, 3.8) is 0 Å². The van der Waals surface area contributed by atoms with Crippen LogP contribution in [-0.4, -0.2) is 34.9 Å². The van der Waals surface area contributed by atoms with Crippen LogP contribution in [0.25, 0.3) is 28.0 Å². The number of rotatable bonds is 5. The van der Waals surface area contributed by atoms with Crippen molar-refractivity contribution in [1.29, 1.82) is 0 Å². The number of fused-ring (bicyclic) bond motifs is 1. The molecule has 0 amide bonds. The van der Waals surface area contributed by atoms with E-state index in [0.29, 0.717) is 28.3 Å². The zero-order valence-corrected chi connectivity index (χ0v) is 18.5. The molecule has 0 spiro atoms. The number of aromatic nitrogens is 7. The lowest BCUT2D eigenvalue weighted by molar-refractivity contribution is 0.425. The molecule has 0 unspecified atom stereocenters. The Morgan fingerprint density at radius 3 is 2.76 bits per heavy atom. The highest BCUT2D eigenvalue weighted by Crippen LogP contribution is 2.32. The smallest absolute Gasteiger partial charge is 0.265 e. The Hall–Kier alpha value is -4.61. The summed E-state index contributed by atoms with van der Waals surface area (Å²) in [6, 6.07) is 8.09. The van der Waals surface area contributed by atoms with Crippen LogP contribution >= 0.6 is 0 Å². The summed E-state index contributed by atoms with van der Waals surface area (Å²) in [5.74, 6) is 0.541. The van der Waals surface area contributed by atoms with Crippen LogP contribution in [0.15, 0.2) is 46.0 Å². The Balaban J connectivity index is 1.67. The number of benzene rings is 1. The van der Waals surface area contributed by atoms with Crippen LogP contribution in [0.3, 0.4) is 0 Å². The van der Waals surface area contributed by atoms with Gasteiger partial charge in [-0.1, -0.05) is 23.4 Å². The quantitative estimate of drug-likeness (QED) is 0.358. The van der Waals surface area contributed by atoms with E-state index in [2.05, 4.69) is 35.6 Å². The maximum atomic E-state index is 13.8. The van der Waals surface area contributed by atoms with E-state index in [1.807, 2.05) is 38.1 Å². The number of halogens is 1. The van der Waals surface area contributed by atoms with Crippen molar-refractivity contribution in [2.45, 2.75) is 26.8 Å². The molecule has 1 atom stereocenters. The number of hydrogen-bond donors (Lipinski definition) is 3. The first-order valence-corrected chi connectivity index (χ1v) is 10.4. The fourth-order valence-corrected chi connectivity index (χ4v) is 3.91. The predicted molar refractivity (Wildman–Crippen MR) is 123 cm³/mol. The number of aryl methyl sites for hydroxylation is 2. The number of hydrogen-bond acceptors (Lipinski definition) is 9. The minimum Gasteiger partial charge on any atom is -0.383 e. The number of nitrogens with one attached hydrogen (secondary N) is 2. The van der Waals surface area contributed by atoms with Crippen LogP contribution in [0, 0.1) is 19.8 Å². The molecule has 11 nitrogen and oxygen atoms in total. The fraction of sp³-hybridized carbons (Fsp3) is 0.182. The highest BCUT2D eigenvalue weighted by Gasteiger charge is 2.23. The molecule has 172 valence electrons. The number of nitrogen functional groups attached to an aromatic ring is 1. The molecule has 0 saturated heterocycles. The van der Waals surface area contributed by atoms with E-state index in [4.69, 9.17) is 10.3 Å². The van der Waals surface area contributed by atoms with Crippen LogP contribution in [0.4, 0.5) is 16.0 Å². The Kier molecular flexibility index (Phi) is 5.04. The number of anilines is 2. The second kappa shape index (κ2) is 8.06. The topological polar surface area (TPSA) is 153 Å². The molecule has 5 rings (SSSR count). The van der Waals surface area contributed by atoms with Gasteiger partial charge < -0.3 is 15.6 Å². The maximum absolute atomic E-state index is 13.8. The van der Waals surface area contributed by atoms with Gasteiger partial charge >= 0.3 is 0 Å². The van der Waals surface area contributed by atoms with Crippen molar-refractivity contribution < 1.29 is 8.91 Å². The minimum absolute atomic E-state index is 0.131. The van der Waals surface area contributed by atoms with E-state index in [1.54, 1.807) is 6.92 Å². The Morgan fingerprint density at radius 2 is 2.06 bits per heavy atom. The van der Waals surface area contributed by atoms with Gasteiger partial charge in [0.2, 0.25) is 5.95 Å². The van der Waals surface area contributed by atoms with E-state index < -0.39 is 12.0 Å². The van der Waals surface area contributed by atoms with Crippen LogP contribution in [0.5, 0.6) is 0 Å². The molecule has 4 aromatic heterocycles. The monoisotopic (exact) mass is 461 g/mol. The summed E-state index contributed by atoms with van der Waals surface area (Å²) in [6.07, 6.45) is 1.30. The summed E-state index contributed by atoms with van der Waals surface area (Å²) in [4.78, 5) is 26.1. The molecule has 0 aliphatic carbocycles. The van der Waals surface area contributed by atoms with Crippen LogP contribution in [0.2, 0.25) is 0 Å². The van der Waals surface area contributed by atoms with E-state index in [0.717, 1.165) is 17.0 Å². The fourth-order valence-electron chi connectivity index (χ4n) is 3.91. The zero-order valence-electron chi connectivity index (χ0n) is 18.5. The molecule has 0 radical (unpaired) electrons. The highest BCUT2D eigenvalue weighted by molar-refractivity contribution is 5.85. The van der Waals surface area contributed by atoms with Gasteiger partial charge in [-0.3, -0.25) is 14.5 Å². The summed E-state index contributed by atoms with van der Waals surface area (Å²) < 4.78 is 20.4. The largest absolute Gasteiger partial charge is 0.383 e. The Bertz CT molecular complexity index is 1590. The molecule has 0 bridgehead atoms. The van der Waals surface area contributed by atoms with Gasteiger partial charge in [0.05, 0.1) is 17.1 Å². The first-order valence-electron chi connectivity index (χ1n) is 10.4. The second-order valence-electron chi connectivity index (χ2n) is 7.82. The van der Waals surface area contributed by atoms with Crippen LogP contribution < -0.4 is 16.6 Å². The van der Waals surface area contributed by atoms with Crippen LogP contribution in [0.1, 0.15) is 30.0 Å². The first kappa shape index (κ1) is 21.2. The van der Waals surface area contributed by atoms with E-state index >= 15 is 0 Å². The average molecular weight is 461 g/mol. The van der Waals surface area contributed by atoms with Crippen molar-refractivity contribution in [2.24, 2.45) is 0 Å². The maximum Gasteiger partial charge on any atom is 0.265 e. The molecule has 1 aromatic carbocycles. The summed E-state index contributed by atoms with van der Waals surface area (Å²) >= 11 is 0. The molecule has 5 aromatic rings. The van der Waals surface area contributed by atoms with Gasteiger partial charge in [0.25, 0.3) is 11.4 Å². The van der Waals surface area contributed by atoms with Crippen LogP contribution in [-0.2, 0) is 0 Å².